The Morgan fingerprint density at radius 1 is 1.09 bits per heavy atom. The molecule has 0 saturated carbocycles. The molecule has 0 spiro atoms. The Morgan fingerprint density at radius 2 is 1.68 bits per heavy atom. The summed E-state index contributed by atoms with van der Waals surface area (Å²) in [5, 5.41) is 14.8. The maximum absolute atomic E-state index is 12.0. The highest BCUT2D eigenvalue weighted by Gasteiger charge is 2.23. The third kappa shape index (κ3) is 5.68. The van der Waals surface area contributed by atoms with E-state index in [2.05, 4.69) is 43.5 Å². The second-order valence-corrected chi connectivity index (χ2v) is 7.37. The molecule has 4 nitrogen and oxygen atoms in total. The number of carbonyl (C=O) groups excluding carboxylic acids is 1. The number of hydrogen-bond donors (Lipinski definition) is 3. The van der Waals surface area contributed by atoms with Crippen LogP contribution < -0.4 is 10.6 Å². The lowest BCUT2D eigenvalue weighted by Gasteiger charge is -2.28. The van der Waals surface area contributed by atoms with E-state index in [9.17, 15) is 4.79 Å². The van der Waals surface area contributed by atoms with Gasteiger partial charge in [-0.2, -0.15) is 0 Å². The lowest BCUT2D eigenvalue weighted by Crippen LogP contribution is -2.45. The maximum atomic E-state index is 12.0. The van der Waals surface area contributed by atoms with Crippen LogP contribution in [0.4, 0.5) is 4.79 Å². The number of hydrogen-bond acceptors (Lipinski definition) is 2. The van der Waals surface area contributed by atoms with Gasteiger partial charge in [-0.3, -0.25) is 0 Å². The van der Waals surface area contributed by atoms with E-state index in [0.717, 1.165) is 0 Å². The predicted octanol–water partition coefficient (Wildman–Crippen LogP) is 2.98. The van der Waals surface area contributed by atoms with Crippen LogP contribution in [0.25, 0.3) is 0 Å². The second kappa shape index (κ2) is 7.63. The molecule has 0 saturated heterocycles. The van der Waals surface area contributed by atoms with Gasteiger partial charge < -0.3 is 15.7 Å². The molecule has 1 aromatic rings. The van der Waals surface area contributed by atoms with Gasteiger partial charge in [-0.05, 0) is 29.9 Å². The Balaban J connectivity index is 2.51. The van der Waals surface area contributed by atoms with Crippen molar-refractivity contribution in [3.05, 3.63) is 35.4 Å². The van der Waals surface area contributed by atoms with Gasteiger partial charge >= 0.3 is 6.03 Å². The van der Waals surface area contributed by atoms with Crippen LogP contribution in [0.1, 0.15) is 45.2 Å². The summed E-state index contributed by atoms with van der Waals surface area (Å²) in [5.41, 5.74) is 2.26. The molecule has 0 aliphatic carbocycles. The van der Waals surface area contributed by atoms with Crippen molar-refractivity contribution < 1.29 is 9.90 Å². The van der Waals surface area contributed by atoms with Gasteiger partial charge in [0.25, 0.3) is 0 Å². The van der Waals surface area contributed by atoms with E-state index in [0.29, 0.717) is 19.5 Å². The number of urea groups is 1. The summed E-state index contributed by atoms with van der Waals surface area (Å²) >= 11 is 0. The fraction of sp³-hybridized carbons (Fsp3) is 0.611. The molecule has 0 bridgehead atoms. The van der Waals surface area contributed by atoms with Crippen molar-refractivity contribution in [3.63, 3.8) is 0 Å². The molecule has 0 radical (unpaired) electrons. The smallest absolute Gasteiger partial charge is 0.314 e. The van der Waals surface area contributed by atoms with Crippen LogP contribution in [0.15, 0.2) is 24.3 Å². The topological polar surface area (TPSA) is 61.4 Å². The van der Waals surface area contributed by atoms with Crippen LogP contribution in [0.5, 0.6) is 0 Å². The number of carbonyl (C=O) groups is 1. The van der Waals surface area contributed by atoms with Crippen LogP contribution >= 0.6 is 0 Å². The molecule has 1 aromatic carbocycles. The summed E-state index contributed by atoms with van der Waals surface area (Å²) < 4.78 is 0. The summed E-state index contributed by atoms with van der Waals surface area (Å²) in [4.78, 5) is 12.0. The van der Waals surface area contributed by atoms with Gasteiger partial charge in [0.1, 0.15) is 0 Å². The Morgan fingerprint density at radius 3 is 2.27 bits per heavy atom. The number of aliphatic hydroxyl groups is 1. The maximum Gasteiger partial charge on any atom is 0.314 e. The first kappa shape index (κ1) is 18.5. The van der Waals surface area contributed by atoms with E-state index in [-0.39, 0.29) is 23.5 Å². The summed E-state index contributed by atoms with van der Waals surface area (Å²) in [5.74, 6) is 0. The van der Waals surface area contributed by atoms with Crippen LogP contribution in [-0.2, 0) is 5.41 Å². The quantitative estimate of drug-likeness (QED) is 0.725. The van der Waals surface area contributed by atoms with E-state index in [4.69, 9.17) is 5.11 Å². The Labute approximate surface area is 134 Å². The van der Waals surface area contributed by atoms with Crippen molar-refractivity contribution in [1.82, 2.24) is 10.6 Å². The Hall–Kier alpha value is -1.55. The van der Waals surface area contributed by atoms with Gasteiger partial charge in [-0.1, -0.05) is 52.0 Å². The zero-order chi connectivity index (χ0) is 16.8. The van der Waals surface area contributed by atoms with Gasteiger partial charge in [0.05, 0.1) is 0 Å². The van der Waals surface area contributed by atoms with Crippen LogP contribution in [0.3, 0.4) is 0 Å². The molecule has 3 N–H and O–H groups in total. The number of nitrogens with one attached hydrogen (secondary N) is 2. The molecule has 0 fully saturated rings. The molecule has 22 heavy (non-hydrogen) atoms. The van der Waals surface area contributed by atoms with E-state index in [1.165, 1.54) is 11.1 Å². The van der Waals surface area contributed by atoms with Crippen LogP contribution in [0.2, 0.25) is 0 Å². The molecule has 0 aromatic heterocycles. The highest BCUT2D eigenvalue weighted by molar-refractivity contribution is 5.74. The lowest BCUT2D eigenvalue weighted by atomic mass is 9.82. The first-order valence-corrected chi connectivity index (χ1v) is 7.87. The second-order valence-electron chi connectivity index (χ2n) is 7.37. The molecule has 0 heterocycles. The van der Waals surface area contributed by atoms with Gasteiger partial charge in [0, 0.05) is 25.1 Å². The average molecular weight is 306 g/mol. The largest absolute Gasteiger partial charge is 0.396 e. The van der Waals surface area contributed by atoms with Gasteiger partial charge in [0.2, 0.25) is 0 Å². The zero-order valence-corrected chi connectivity index (χ0v) is 14.5. The Bertz CT molecular complexity index is 496. The molecule has 4 heteroatoms. The van der Waals surface area contributed by atoms with Crippen molar-refractivity contribution in [2.75, 3.05) is 19.7 Å². The molecule has 0 aliphatic heterocycles. The number of amides is 2. The molecule has 124 valence electrons. The predicted molar refractivity (Wildman–Crippen MR) is 91.1 cm³/mol. The van der Waals surface area contributed by atoms with Crippen LogP contribution in [0, 0.1) is 12.3 Å². The molecular formula is C18H30N2O2. The van der Waals surface area contributed by atoms with E-state index in [1.54, 1.807) is 0 Å². The van der Waals surface area contributed by atoms with Crippen molar-refractivity contribution in [1.29, 1.82) is 0 Å². The number of benzene rings is 1. The third-order valence-electron chi connectivity index (χ3n) is 4.08. The number of aliphatic hydroxyl groups excluding tert-OH is 1. The van der Waals surface area contributed by atoms with Crippen molar-refractivity contribution in [3.8, 4) is 0 Å². The minimum Gasteiger partial charge on any atom is -0.396 e. The summed E-state index contributed by atoms with van der Waals surface area (Å²) in [6, 6.07) is 8.10. The van der Waals surface area contributed by atoms with E-state index in [1.807, 2.05) is 26.0 Å². The highest BCUT2D eigenvalue weighted by Crippen LogP contribution is 2.25. The lowest BCUT2D eigenvalue weighted by molar-refractivity contribution is 0.200. The molecule has 0 aliphatic rings. The van der Waals surface area contributed by atoms with Crippen molar-refractivity contribution in [2.45, 2.75) is 46.5 Å². The first-order valence-electron chi connectivity index (χ1n) is 7.87. The van der Waals surface area contributed by atoms with Gasteiger partial charge in [0.15, 0.2) is 0 Å². The summed E-state index contributed by atoms with van der Waals surface area (Å²) in [6.45, 7) is 11.7. The summed E-state index contributed by atoms with van der Waals surface area (Å²) in [6.07, 6.45) is 0.669. The molecule has 0 unspecified atom stereocenters. The number of rotatable bonds is 7. The monoisotopic (exact) mass is 306 g/mol. The van der Waals surface area contributed by atoms with Gasteiger partial charge in [-0.15, -0.1) is 0 Å². The van der Waals surface area contributed by atoms with Crippen molar-refractivity contribution in [2.24, 2.45) is 5.41 Å². The molecular weight excluding hydrogens is 276 g/mol. The Kier molecular flexibility index (Phi) is 6.42. The van der Waals surface area contributed by atoms with Crippen LogP contribution in [-0.4, -0.2) is 30.8 Å². The third-order valence-corrected chi connectivity index (χ3v) is 4.08. The minimum absolute atomic E-state index is 0.0996. The van der Waals surface area contributed by atoms with E-state index >= 15 is 0 Å². The van der Waals surface area contributed by atoms with Gasteiger partial charge in [-0.25, -0.2) is 4.79 Å². The standard InChI is InChI=1S/C18H30N2O2/c1-14-8-6-7-9-15(14)18(4,5)13-20-16(22)19-12-17(2,3)10-11-21/h6-9,21H,10-13H2,1-5H3,(H2,19,20,22). The minimum atomic E-state index is -0.160. The summed E-state index contributed by atoms with van der Waals surface area (Å²) in [7, 11) is 0. The van der Waals surface area contributed by atoms with E-state index < -0.39 is 0 Å². The fourth-order valence-corrected chi connectivity index (χ4v) is 2.50. The SMILES string of the molecule is Cc1ccccc1C(C)(C)CNC(=O)NCC(C)(C)CCO. The number of aryl methyl sites for hydroxylation is 1. The zero-order valence-electron chi connectivity index (χ0n) is 14.5. The highest BCUT2D eigenvalue weighted by atomic mass is 16.3. The average Bonchev–Trinajstić information content (AvgIpc) is 2.43. The first-order chi connectivity index (χ1) is 10.2. The molecule has 1 rings (SSSR count). The molecule has 0 atom stereocenters. The fourth-order valence-electron chi connectivity index (χ4n) is 2.50. The van der Waals surface area contributed by atoms with Crippen molar-refractivity contribution >= 4 is 6.03 Å². The normalized spacial score (nSPS) is 12.1. The molecule has 2 amide bonds.